The zero-order valence-electron chi connectivity index (χ0n) is 11.2. The van der Waals surface area contributed by atoms with Crippen molar-refractivity contribution in [3.05, 3.63) is 35.4 Å². The summed E-state index contributed by atoms with van der Waals surface area (Å²) in [7, 11) is 0. The van der Waals surface area contributed by atoms with E-state index in [-0.39, 0.29) is 5.54 Å². The molecule has 17 heavy (non-hydrogen) atoms. The SMILES string of the molecule is CCc1ccc(CC2(N)CCC(CC)C2)cc1. The minimum absolute atomic E-state index is 0.0639. The van der Waals surface area contributed by atoms with Crippen molar-refractivity contribution in [1.29, 1.82) is 0 Å². The molecule has 0 saturated heterocycles. The van der Waals surface area contributed by atoms with Gasteiger partial charge in [-0.15, -0.1) is 0 Å². The number of rotatable bonds is 4. The second-order valence-corrected chi connectivity index (χ2v) is 5.73. The van der Waals surface area contributed by atoms with E-state index in [1.54, 1.807) is 0 Å². The van der Waals surface area contributed by atoms with E-state index < -0.39 is 0 Å². The zero-order valence-corrected chi connectivity index (χ0v) is 11.2. The second kappa shape index (κ2) is 5.22. The van der Waals surface area contributed by atoms with Crippen molar-refractivity contribution in [2.45, 2.75) is 57.9 Å². The Hall–Kier alpha value is -0.820. The molecular formula is C16H25N. The van der Waals surface area contributed by atoms with Gasteiger partial charge in [0.15, 0.2) is 0 Å². The maximum Gasteiger partial charge on any atom is 0.0197 e. The summed E-state index contributed by atoms with van der Waals surface area (Å²) >= 11 is 0. The van der Waals surface area contributed by atoms with Crippen LogP contribution in [0.3, 0.4) is 0 Å². The maximum atomic E-state index is 6.53. The van der Waals surface area contributed by atoms with Crippen LogP contribution in [0, 0.1) is 5.92 Å². The molecule has 0 amide bonds. The Morgan fingerprint density at radius 1 is 1.18 bits per heavy atom. The summed E-state index contributed by atoms with van der Waals surface area (Å²) in [5.41, 5.74) is 9.41. The Labute approximate surface area is 105 Å². The Balaban J connectivity index is 2.00. The molecule has 1 aliphatic carbocycles. The number of benzene rings is 1. The van der Waals surface area contributed by atoms with Crippen LogP contribution in [0.2, 0.25) is 0 Å². The molecule has 0 spiro atoms. The van der Waals surface area contributed by atoms with E-state index in [0.717, 1.165) is 18.8 Å². The van der Waals surface area contributed by atoms with Gasteiger partial charge in [0.25, 0.3) is 0 Å². The highest BCUT2D eigenvalue weighted by Gasteiger charge is 2.34. The lowest BCUT2D eigenvalue weighted by molar-refractivity contribution is 0.407. The van der Waals surface area contributed by atoms with Crippen molar-refractivity contribution in [3.63, 3.8) is 0 Å². The average Bonchev–Trinajstić information content (AvgIpc) is 2.72. The molecule has 1 nitrogen and oxygen atoms in total. The predicted molar refractivity (Wildman–Crippen MR) is 74.1 cm³/mol. The fourth-order valence-electron chi connectivity index (χ4n) is 3.08. The van der Waals surface area contributed by atoms with Crippen LogP contribution in [-0.4, -0.2) is 5.54 Å². The summed E-state index contributed by atoms with van der Waals surface area (Å²) in [6, 6.07) is 9.00. The summed E-state index contributed by atoms with van der Waals surface area (Å²) in [5, 5.41) is 0. The third-order valence-electron chi connectivity index (χ3n) is 4.31. The first-order chi connectivity index (χ1) is 8.15. The molecule has 1 aromatic carbocycles. The molecule has 1 heteroatoms. The highest BCUT2D eigenvalue weighted by Crippen LogP contribution is 2.36. The lowest BCUT2D eigenvalue weighted by atomic mass is 9.88. The van der Waals surface area contributed by atoms with Gasteiger partial charge in [0.2, 0.25) is 0 Å². The van der Waals surface area contributed by atoms with Gasteiger partial charge >= 0.3 is 0 Å². The number of hydrogen-bond donors (Lipinski definition) is 1. The van der Waals surface area contributed by atoms with Crippen molar-refractivity contribution in [2.24, 2.45) is 11.7 Å². The van der Waals surface area contributed by atoms with E-state index in [9.17, 15) is 0 Å². The summed E-state index contributed by atoms with van der Waals surface area (Å²) in [4.78, 5) is 0. The van der Waals surface area contributed by atoms with Gasteiger partial charge in [-0.3, -0.25) is 0 Å². The topological polar surface area (TPSA) is 26.0 Å². The van der Waals surface area contributed by atoms with E-state index in [1.165, 1.54) is 36.8 Å². The smallest absolute Gasteiger partial charge is 0.0197 e. The van der Waals surface area contributed by atoms with Crippen LogP contribution in [0.5, 0.6) is 0 Å². The average molecular weight is 231 g/mol. The van der Waals surface area contributed by atoms with Crippen LogP contribution >= 0.6 is 0 Å². The van der Waals surface area contributed by atoms with Crippen molar-refractivity contribution >= 4 is 0 Å². The highest BCUT2D eigenvalue weighted by atomic mass is 14.8. The van der Waals surface area contributed by atoms with Crippen LogP contribution in [0.4, 0.5) is 0 Å². The van der Waals surface area contributed by atoms with Crippen molar-refractivity contribution in [2.75, 3.05) is 0 Å². The number of hydrogen-bond acceptors (Lipinski definition) is 1. The molecule has 94 valence electrons. The minimum atomic E-state index is 0.0639. The predicted octanol–water partition coefficient (Wildman–Crippen LogP) is 3.70. The van der Waals surface area contributed by atoms with Gasteiger partial charge in [0.05, 0.1) is 0 Å². The second-order valence-electron chi connectivity index (χ2n) is 5.73. The number of nitrogens with two attached hydrogens (primary N) is 1. The molecule has 0 aliphatic heterocycles. The van der Waals surface area contributed by atoms with E-state index in [4.69, 9.17) is 5.73 Å². The van der Waals surface area contributed by atoms with Gasteiger partial charge in [-0.1, -0.05) is 44.5 Å². The van der Waals surface area contributed by atoms with Crippen molar-refractivity contribution < 1.29 is 0 Å². The number of aryl methyl sites for hydroxylation is 1. The van der Waals surface area contributed by atoms with Gasteiger partial charge in [-0.2, -0.15) is 0 Å². The largest absolute Gasteiger partial charge is 0.325 e. The molecule has 1 saturated carbocycles. The van der Waals surface area contributed by atoms with Gasteiger partial charge in [0.1, 0.15) is 0 Å². The third-order valence-corrected chi connectivity index (χ3v) is 4.31. The molecule has 1 aromatic rings. The quantitative estimate of drug-likeness (QED) is 0.840. The maximum absolute atomic E-state index is 6.53. The van der Waals surface area contributed by atoms with Crippen LogP contribution in [-0.2, 0) is 12.8 Å². The Morgan fingerprint density at radius 2 is 1.82 bits per heavy atom. The lowest BCUT2D eigenvalue weighted by Crippen LogP contribution is -2.39. The standard InChI is InChI=1S/C16H25N/c1-3-13-5-7-15(8-6-13)12-16(17)10-9-14(4-2)11-16/h5-8,14H,3-4,9-12,17H2,1-2H3. The molecule has 2 atom stereocenters. The molecule has 0 aromatic heterocycles. The minimum Gasteiger partial charge on any atom is -0.325 e. The first kappa shape index (κ1) is 12.6. The third kappa shape index (κ3) is 3.10. The van der Waals surface area contributed by atoms with Gasteiger partial charge < -0.3 is 5.73 Å². The first-order valence-corrected chi connectivity index (χ1v) is 7.02. The highest BCUT2D eigenvalue weighted by molar-refractivity contribution is 5.24. The molecule has 2 rings (SSSR count). The lowest BCUT2D eigenvalue weighted by Gasteiger charge is -2.24. The van der Waals surface area contributed by atoms with E-state index >= 15 is 0 Å². The summed E-state index contributed by atoms with van der Waals surface area (Å²) < 4.78 is 0. The molecular weight excluding hydrogens is 206 g/mol. The Morgan fingerprint density at radius 3 is 2.35 bits per heavy atom. The normalized spacial score (nSPS) is 28.5. The summed E-state index contributed by atoms with van der Waals surface area (Å²) in [6.45, 7) is 4.48. The fourth-order valence-corrected chi connectivity index (χ4v) is 3.08. The molecule has 0 radical (unpaired) electrons. The Kier molecular flexibility index (Phi) is 3.88. The van der Waals surface area contributed by atoms with E-state index in [2.05, 4.69) is 38.1 Å². The van der Waals surface area contributed by atoms with E-state index in [1.807, 2.05) is 0 Å². The molecule has 1 fully saturated rings. The zero-order chi connectivity index (χ0) is 12.3. The Bertz CT molecular complexity index is 354. The molecule has 0 heterocycles. The van der Waals surface area contributed by atoms with Crippen LogP contribution < -0.4 is 5.73 Å². The molecule has 1 aliphatic rings. The van der Waals surface area contributed by atoms with Gasteiger partial charge in [0, 0.05) is 5.54 Å². The summed E-state index contributed by atoms with van der Waals surface area (Å²) in [5.74, 6) is 0.856. The van der Waals surface area contributed by atoms with Crippen LogP contribution in [0.15, 0.2) is 24.3 Å². The fraction of sp³-hybridized carbons (Fsp3) is 0.625. The summed E-state index contributed by atoms with van der Waals surface area (Å²) in [6.07, 6.45) is 7.17. The van der Waals surface area contributed by atoms with Crippen molar-refractivity contribution in [1.82, 2.24) is 0 Å². The monoisotopic (exact) mass is 231 g/mol. The van der Waals surface area contributed by atoms with E-state index in [0.29, 0.717) is 0 Å². The molecule has 0 bridgehead atoms. The van der Waals surface area contributed by atoms with Crippen LogP contribution in [0.25, 0.3) is 0 Å². The van der Waals surface area contributed by atoms with Crippen LogP contribution in [0.1, 0.15) is 50.7 Å². The molecule has 2 unspecified atom stereocenters. The van der Waals surface area contributed by atoms with Gasteiger partial charge in [-0.05, 0) is 49.1 Å². The first-order valence-electron chi connectivity index (χ1n) is 7.02. The molecule has 2 N–H and O–H groups in total. The van der Waals surface area contributed by atoms with Gasteiger partial charge in [-0.25, -0.2) is 0 Å². The van der Waals surface area contributed by atoms with Crippen molar-refractivity contribution in [3.8, 4) is 0 Å².